The maximum absolute atomic E-state index is 12.5. The molecule has 0 spiro atoms. The first-order chi connectivity index (χ1) is 10.1. The molecule has 3 rings (SSSR count). The number of hydrogen-bond donors (Lipinski definition) is 1. The van der Waals surface area contributed by atoms with Crippen LogP contribution in [0.5, 0.6) is 0 Å². The van der Waals surface area contributed by atoms with Crippen LogP contribution in [0.15, 0.2) is 47.6 Å². The first kappa shape index (κ1) is 14.2. The van der Waals surface area contributed by atoms with E-state index < -0.39 is 10.0 Å². The minimum atomic E-state index is -3.47. The van der Waals surface area contributed by atoms with Gasteiger partial charge in [0.25, 0.3) is 0 Å². The summed E-state index contributed by atoms with van der Waals surface area (Å²) in [6, 6.07) is 9.73. The van der Waals surface area contributed by atoms with Crippen molar-refractivity contribution in [3.05, 3.63) is 48.3 Å². The molecule has 0 amide bonds. The summed E-state index contributed by atoms with van der Waals surface area (Å²) in [7, 11) is -3.47. The molecular weight excluding hydrogens is 288 g/mol. The van der Waals surface area contributed by atoms with Crippen LogP contribution in [0.1, 0.15) is 12.0 Å². The van der Waals surface area contributed by atoms with Crippen molar-refractivity contribution >= 4 is 10.0 Å². The minimum absolute atomic E-state index is 0.0702. The number of rotatable bonds is 4. The molecule has 0 radical (unpaired) electrons. The molecule has 2 aromatic rings. The monoisotopic (exact) mass is 306 g/mol. The lowest BCUT2D eigenvalue weighted by atomic mass is 10.2. The van der Waals surface area contributed by atoms with Crippen LogP contribution in [0.25, 0.3) is 0 Å². The van der Waals surface area contributed by atoms with E-state index in [1.165, 1.54) is 10.5 Å². The Hall–Kier alpha value is -1.70. The molecule has 21 heavy (non-hydrogen) atoms. The zero-order valence-corrected chi connectivity index (χ0v) is 12.4. The summed E-state index contributed by atoms with van der Waals surface area (Å²) in [5, 5.41) is 4.15. The molecule has 112 valence electrons. The number of nitrogens with two attached hydrogens (primary N) is 1. The number of benzene rings is 1. The first-order valence-electron chi connectivity index (χ1n) is 6.88. The van der Waals surface area contributed by atoms with Gasteiger partial charge in [-0.25, -0.2) is 8.42 Å². The zero-order valence-electron chi connectivity index (χ0n) is 11.6. The summed E-state index contributed by atoms with van der Waals surface area (Å²) in [4.78, 5) is 0.229. The van der Waals surface area contributed by atoms with Gasteiger partial charge < -0.3 is 5.73 Å². The second-order valence-corrected chi connectivity index (χ2v) is 7.21. The molecule has 1 fully saturated rings. The molecule has 1 aromatic heterocycles. The van der Waals surface area contributed by atoms with Gasteiger partial charge in [0.2, 0.25) is 10.0 Å². The summed E-state index contributed by atoms with van der Waals surface area (Å²) in [6.45, 7) is 1.41. The van der Waals surface area contributed by atoms with Crippen molar-refractivity contribution in [1.82, 2.24) is 14.1 Å². The predicted molar refractivity (Wildman–Crippen MR) is 79.1 cm³/mol. The van der Waals surface area contributed by atoms with Crippen LogP contribution in [-0.2, 0) is 16.6 Å². The van der Waals surface area contributed by atoms with Crippen LogP contribution in [-0.4, -0.2) is 41.6 Å². The molecular formula is C14H18N4O2S. The van der Waals surface area contributed by atoms with E-state index in [0.717, 1.165) is 5.56 Å². The van der Waals surface area contributed by atoms with E-state index in [-0.39, 0.29) is 10.9 Å². The Morgan fingerprint density at radius 1 is 1.29 bits per heavy atom. The highest BCUT2D eigenvalue weighted by molar-refractivity contribution is 7.89. The average molecular weight is 306 g/mol. The van der Waals surface area contributed by atoms with Gasteiger partial charge in [-0.1, -0.05) is 30.3 Å². The lowest BCUT2D eigenvalue weighted by molar-refractivity contribution is 0.472. The van der Waals surface area contributed by atoms with Gasteiger partial charge >= 0.3 is 0 Å². The average Bonchev–Trinajstić information content (AvgIpc) is 3.10. The van der Waals surface area contributed by atoms with Crippen molar-refractivity contribution in [2.24, 2.45) is 5.73 Å². The number of hydrogen-bond acceptors (Lipinski definition) is 4. The second kappa shape index (κ2) is 5.59. The number of nitrogens with zero attached hydrogens (tertiary/aromatic N) is 3. The van der Waals surface area contributed by atoms with E-state index in [0.29, 0.717) is 26.1 Å². The minimum Gasteiger partial charge on any atom is -0.326 e. The smallest absolute Gasteiger partial charge is 0.246 e. The lowest BCUT2D eigenvalue weighted by Crippen LogP contribution is -2.31. The van der Waals surface area contributed by atoms with Gasteiger partial charge in [-0.05, 0) is 12.0 Å². The highest BCUT2D eigenvalue weighted by Gasteiger charge is 2.31. The Bertz CT molecular complexity index is 712. The zero-order chi connectivity index (χ0) is 14.9. The standard InChI is InChI=1S/C14H18N4O2S/c15-13-6-7-18(10-13)21(19,20)14-8-16-17(11-14)9-12-4-2-1-3-5-12/h1-5,8,11,13H,6-7,9-10,15H2/t13-/m0/s1. The van der Waals surface area contributed by atoms with Crippen molar-refractivity contribution in [3.8, 4) is 0 Å². The van der Waals surface area contributed by atoms with Gasteiger partial charge in [0.05, 0.1) is 12.7 Å². The first-order valence-corrected chi connectivity index (χ1v) is 8.32. The molecule has 6 nitrogen and oxygen atoms in total. The van der Waals surface area contributed by atoms with Gasteiger partial charge in [-0.2, -0.15) is 9.40 Å². The van der Waals surface area contributed by atoms with Crippen molar-refractivity contribution in [2.45, 2.75) is 23.9 Å². The van der Waals surface area contributed by atoms with Crippen molar-refractivity contribution in [1.29, 1.82) is 0 Å². The molecule has 7 heteroatoms. The molecule has 0 bridgehead atoms. The Balaban J connectivity index is 1.78. The largest absolute Gasteiger partial charge is 0.326 e. The molecule has 1 aliphatic rings. The van der Waals surface area contributed by atoms with Crippen LogP contribution >= 0.6 is 0 Å². The van der Waals surface area contributed by atoms with Crippen LogP contribution in [0.2, 0.25) is 0 Å². The maximum Gasteiger partial charge on any atom is 0.246 e. The van der Waals surface area contributed by atoms with Crippen molar-refractivity contribution in [3.63, 3.8) is 0 Å². The highest BCUT2D eigenvalue weighted by atomic mass is 32.2. The summed E-state index contributed by atoms with van der Waals surface area (Å²) in [5.74, 6) is 0. The number of aromatic nitrogens is 2. The summed E-state index contributed by atoms with van der Waals surface area (Å²) in [6.07, 6.45) is 3.69. The molecule has 1 aliphatic heterocycles. The fourth-order valence-electron chi connectivity index (χ4n) is 2.46. The van der Waals surface area contributed by atoms with Gasteiger partial charge in [0, 0.05) is 25.3 Å². The Morgan fingerprint density at radius 3 is 2.71 bits per heavy atom. The van der Waals surface area contributed by atoms with E-state index >= 15 is 0 Å². The molecule has 1 atom stereocenters. The number of sulfonamides is 1. The van der Waals surface area contributed by atoms with Crippen LogP contribution < -0.4 is 5.73 Å². The lowest BCUT2D eigenvalue weighted by Gasteiger charge is -2.14. The van der Waals surface area contributed by atoms with E-state index in [1.54, 1.807) is 10.9 Å². The van der Waals surface area contributed by atoms with E-state index in [1.807, 2.05) is 30.3 Å². The Morgan fingerprint density at radius 2 is 2.05 bits per heavy atom. The molecule has 0 aliphatic carbocycles. The fraction of sp³-hybridized carbons (Fsp3) is 0.357. The van der Waals surface area contributed by atoms with E-state index in [2.05, 4.69) is 5.10 Å². The van der Waals surface area contributed by atoms with Crippen molar-refractivity contribution < 1.29 is 8.42 Å². The normalized spacial score (nSPS) is 20.0. The molecule has 0 unspecified atom stereocenters. The van der Waals surface area contributed by atoms with Crippen LogP contribution in [0.4, 0.5) is 0 Å². The summed E-state index contributed by atoms with van der Waals surface area (Å²) < 4.78 is 28.0. The molecule has 2 heterocycles. The van der Waals surface area contributed by atoms with Gasteiger partial charge in [0.1, 0.15) is 4.90 Å². The van der Waals surface area contributed by atoms with Crippen LogP contribution in [0.3, 0.4) is 0 Å². The topological polar surface area (TPSA) is 81.2 Å². The summed E-state index contributed by atoms with van der Waals surface area (Å²) in [5.41, 5.74) is 6.86. The third-order valence-electron chi connectivity index (χ3n) is 3.62. The molecule has 1 aromatic carbocycles. The Kier molecular flexibility index (Phi) is 3.79. The molecule has 0 saturated carbocycles. The van der Waals surface area contributed by atoms with Gasteiger partial charge in [0.15, 0.2) is 0 Å². The fourth-order valence-corrected chi connectivity index (χ4v) is 3.92. The van der Waals surface area contributed by atoms with Gasteiger partial charge in [-0.3, -0.25) is 4.68 Å². The quantitative estimate of drug-likeness (QED) is 0.899. The second-order valence-electron chi connectivity index (χ2n) is 5.27. The third-order valence-corrected chi connectivity index (χ3v) is 5.44. The SMILES string of the molecule is N[C@H]1CCN(S(=O)(=O)c2cnn(Cc3ccccc3)c2)C1. The third kappa shape index (κ3) is 2.99. The van der Waals surface area contributed by atoms with E-state index in [9.17, 15) is 8.42 Å². The van der Waals surface area contributed by atoms with Crippen LogP contribution in [0, 0.1) is 0 Å². The predicted octanol–water partition coefficient (Wildman–Crippen LogP) is 0.653. The molecule has 1 saturated heterocycles. The van der Waals surface area contributed by atoms with E-state index in [4.69, 9.17) is 5.73 Å². The maximum atomic E-state index is 12.5. The Labute approximate surface area is 124 Å². The van der Waals surface area contributed by atoms with Crippen molar-refractivity contribution in [2.75, 3.05) is 13.1 Å². The summed E-state index contributed by atoms with van der Waals surface area (Å²) >= 11 is 0. The van der Waals surface area contributed by atoms with Gasteiger partial charge in [-0.15, -0.1) is 0 Å². The highest BCUT2D eigenvalue weighted by Crippen LogP contribution is 2.20. The molecule has 2 N–H and O–H groups in total.